The van der Waals surface area contributed by atoms with Gasteiger partial charge in [0.05, 0.1) is 6.20 Å². The molecule has 0 amide bonds. The Hall–Kier alpha value is -1.43. The van der Waals surface area contributed by atoms with E-state index in [4.69, 9.17) is 9.26 Å². The van der Waals surface area contributed by atoms with Crippen LogP contribution in [0.5, 0.6) is 5.75 Å². The molecule has 5 nitrogen and oxygen atoms in total. The quantitative estimate of drug-likeness (QED) is 0.868. The lowest BCUT2D eigenvalue weighted by Gasteiger charge is -2.01. The smallest absolute Gasteiger partial charge is 0.264 e. The molecule has 17 heavy (non-hydrogen) atoms. The van der Waals surface area contributed by atoms with Crippen LogP contribution in [0.3, 0.4) is 0 Å². The Kier molecular flexibility index (Phi) is 2.80. The summed E-state index contributed by atoms with van der Waals surface area (Å²) in [6.07, 6.45) is 5.67. The molecule has 88 valence electrons. The highest BCUT2D eigenvalue weighted by Gasteiger charge is 2.28. The Balaban J connectivity index is 1.62. The lowest BCUT2D eigenvalue weighted by Crippen LogP contribution is -1.96. The number of hydrogen-bond acceptors (Lipinski definition) is 5. The van der Waals surface area contributed by atoms with E-state index >= 15 is 0 Å². The highest BCUT2D eigenvalue weighted by molar-refractivity contribution is 9.10. The summed E-state index contributed by atoms with van der Waals surface area (Å²) in [6, 6.07) is 1.84. The average molecular weight is 296 g/mol. The fourth-order valence-corrected chi connectivity index (χ4v) is 1.79. The Labute approximate surface area is 106 Å². The van der Waals surface area contributed by atoms with E-state index in [0.717, 1.165) is 23.1 Å². The SMILES string of the molecule is Brc1cncc(OCc2nc(C3CC3)no2)c1. The molecule has 3 rings (SSSR count). The van der Waals surface area contributed by atoms with Gasteiger partial charge in [-0.1, -0.05) is 5.16 Å². The first-order valence-electron chi connectivity index (χ1n) is 5.37. The van der Waals surface area contributed by atoms with Crippen molar-refractivity contribution in [1.29, 1.82) is 0 Å². The van der Waals surface area contributed by atoms with E-state index in [0.29, 0.717) is 17.6 Å². The predicted octanol–water partition coefficient (Wildman–Crippen LogP) is 2.68. The first-order chi connectivity index (χ1) is 8.31. The fraction of sp³-hybridized carbons (Fsp3) is 0.364. The first-order valence-corrected chi connectivity index (χ1v) is 6.16. The van der Waals surface area contributed by atoms with Gasteiger partial charge in [0.2, 0.25) is 0 Å². The van der Waals surface area contributed by atoms with Crippen LogP contribution in [-0.2, 0) is 6.61 Å². The van der Waals surface area contributed by atoms with Crippen LogP contribution >= 0.6 is 15.9 Å². The van der Waals surface area contributed by atoms with Crippen molar-refractivity contribution in [3.63, 3.8) is 0 Å². The Morgan fingerprint density at radius 3 is 3.06 bits per heavy atom. The largest absolute Gasteiger partial charge is 0.482 e. The summed E-state index contributed by atoms with van der Waals surface area (Å²) in [5.74, 6) is 2.48. The molecule has 2 heterocycles. The number of pyridine rings is 1. The molecule has 1 fully saturated rings. The normalized spacial score (nSPS) is 14.9. The van der Waals surface area contributed by atoms with Crippen LogP contribution in [-0.4, -0.2) is 15.1 Å². The van der Waals surface area contributed by atoms with Gasteiger partial charge in [-0.2, -0.15) is 4.98 Å². The molecule has 1 saturated carbocycles. The lowest BCUT2D eigenvalue weighted by molar-refractivity contribution is 0.241. The van der Waals surface area contributed by atoms with Crippen molar-refractivity contribution >= 4 is 15.9 Å². The zero-order valence-corrected chi connectivity index (χ0v) is 10.6. The molecular weight excluding hydrogens is 286 g/mol. The molecule has 2 aromatic rings. The molecule has 0 unspecified atom stereocenters. The van der Waals surface area contributed by atoms with Crippen LogP contribution in [0, 0.1) is 0 Å². The highest BCUT2D eigenvalue weighted by Crippen LogP contribution is 2.38. The topological polar surface area (TPSA) is 61.0 Å². The van der Waals surface area contributed by atoms with Gasteiger partial charge in [-0.3, -0.25) is 4.98 Å². The molecule has 0 saturated heterocycles. The van der Waals surface area contributed by atoms with E-state index in [-0.39, 0.29) is 6.61 Å². The molecule has 6 heteroatoms. The number of ether oxygens (including phenoxy) is 1. The van der Waals surface area contributed by atoms with E-state index in [2.05, 4.69) is 31.1 Å². The van der Waals surface area contributed by atoms with Crippen LogP contribution in [0.1, 0.15) is 30.5 Å². The van der Waals surface area contributed by atoms with Crippen LogP contribution in [0.4, 0.5) is 0 Å². The summed E-state index contributed by atoms with van der Waals surface area (Å²) < 4.78 is 11.5. The average Bonchev–Trinajstić information content (AvgIpc) is 3.07. The van der Waals surface area contributed by atoms with Crippen molar-refractivity contribution in [3.05, 3.63) is 34.6 Å². The third-order valence-electron chi connectivity index (χ3n) is 2.47. The molecule has 0 aliphatic heterocycles. The summed E-state index contributed by atoms with van der Waals surface area (Å²) in [4.78, 5) is 8.28. The number of halogens is 1. The van der Waals surface area contributed by atoms with Crippen molar-refractivity contribution in [1.82, 2.24) is 15.1 Å². The van der Waals surface area contributed by atoms with E-state index in [1.807, 2.05) is 6.07 Å². The Morgan fingerprint density at radius 2 is 2.29 bits per heavy atom. The molecular formula is C11H10BrN3O2. The maximum atomic E-state index is 5.50. The van der Waals surface area contributed by atoms with Crippen molar-refractivity contribution in [3.8, 4) is 5.75 Å². The molecule has 0 radical (unpaired) electrons. The van der Waals surface area contributed by atoms with Gasteiger partial charge in [-0.05, 0) is 34.8 Å². The molecule has 1 aliphatic rings. The van der Waals surface area contributed by atoms with Gasteiger partial charge in [0.25, 0.3) is 5.89 Å². The van der Waals surface area contributed by atoms with Gasteiger partial charge < -0.3 is 9.26 Å². The number of nitrogens with zero attached hydrogens (tertiary/aromatic N) is 3. The van der Waals surface area contributed by atoms with Crippen molar-refractivity contribution in [2.75, 3.05) is 0 Å². The van der Waals surface area contributed by atoms with Gasteiger partial charge in [-0.15, -0.1) is 0 Å². The zero-order chi connectivity index (χ0) is 11.7. The molecule has 0 aromatic carbocycles. The third kappa shape index (κ3) is 2.63. The summed E-state index contributed by atoms with van der Waals surface area (Å²) in [5.41, 5.74) is 0. The van der Waals surface area contributed by atoms with Crippen molar-refractivity contribution in [2.45, 2.75) is 25.4 Å². The van der Waals surface area contributed by atoms with Crippen LogP contribution < -0.4 is 4.74 Å². The Bertz CT molecular complexity index is 525. The van der Waals surface area contributed by atoms with E-state index < -0.39 is 0 Å². The molecule has 0 N–H and O–H groups in total. The number of hydrogen-bond donors (Lipinski definition) is 0. The zero-order valence-electron chi connectivity index (χ0n) is 8.97. The highest BCUT2D eigenvalue weighted by atomic mass is 79.9. The minimum Gasteiger partial charge on any atom is -0.482 e. The molecule has 0 atom stereocenters. The number of rotatable bonds is 4. The maximum absolute atomic E-state index is 5.50. The van der Waals surface area contributed by atoms with Crippen molar-refractivity contribution < 1.29 is 9.26 Å². The summed E-state index contributed by atoms with van der Waals surface area (Å²) in [5, 5.41) is 3.92. The fourth-order valence-electron chi connectivity index (χ4n) is 1.45. The molecule has 2 aromatic heterocycles. The third-order valence-corrected chi connectivity index (χ3v) is 2.90. The molecule has 0 spiro atoms. The minimum atomic E-state index is 0.276. The second-order valence-electron chi connectivity index (χ2n) is 3.95. The van der Waals surface area contributed by atoms with E-state index in [9.17, 15) is 0 Å². The van der Waals surface area contributed by atoms with Gasteiger partial charge >= 0.3 is 0 Å². The van der Waals surface area contributed by atoms with Crippen LogP contribution in [0.25, 0.3) is 0 Å². The summed E-state index contributed by atoms with van der Waals surface area (Å²) in [6.45, 7) is 0.276. The van der Waals surface area contributed by atoms with Crippen LogP contribution in [0.2, 0.25) is 0 Å². The first kappa shape index (κ1) is 10.7. The summed E-state index contributed by atoms with van der Waals surface area (Å²) >= 11 is 3.33. The lowest BCUT2D eigenvalue weighted by atomic mass is 10.4. The van der Waals surface area contributed by atoms with Crippen LogP contribution in [0.15, 0.2) is 27.5 Å². The second-order valence-corrected chi connectivity index (χ2v) is 4.86. The molecule has 1 aliphatic carbocycles. The summed E-state index contributed by atoms with van der Waals surface area (Å²) in [7, 11) is 0. The van der Waals surface area contributed by atoms with Crippen molar-refractivity contribution in [2.24, 2.45) is 0 Å². The minimum absolute atomic E-state index is 0.276. The van der Waals surface area contributed by atoms with Gasteiger partial charge in [0.15, 0.2) is 12.4 Å². The Morgan fingerprint density at radius 1 is 1.41 bits per heavy atom. The standard InChI is InChI=1S/C11H10BrN3O2/c12-8-3-9(5-13-4-8)16-6-10-14-11(15-17-10)7-1-2-7/h3-5,7H,1-2,6H2. The molecule has 0 bridgehead atoms. The van der Waals surface area contributed by atoms with E-state index in [1.165, 1.54) is 0 Å². The van der Waals surface area contributed by atoms with Gasteiger partial charge in [0.1, 0.15) is 5.75 Å². The number of aromatic nitrogens is 3. The predicted molar refractivity (Wildman–Crippen MR) is 62.5 cm³/mol. The monoisotopic (exact) mass is 295 g/mol. The van der Waals surface area contributed by atoms with Gasteiger partial charge in [0, 0.05) is 16.6 Å². The van der Waals surface area contributed by atoms with E-state index in [1.54, 1.807) is 12.4 Å². The maximum Gasteiger partial charge on any atom is 0.264 e. The van der Waals surface area contributed by atoms with Gasteiger partial charge in [-0.25, -0.2) is 0 Å². The second kappa shape index (κ2) is 4.44.